The van der Waals surface area contributed by atoms with E-state index in [1.807, 2.05) is 41.1 Å². The van der Waals surface area contributed by atoms with E-state index in [2.05, 4.69) is 47.1 Å². The van der Waals surface area contributed by atoms with Crippen LogP contribution in [0.3, 0.4) is 0 Å². The minimum Gasteiger partial charge on any atom is -0.333 e. The van der Waals surface area contributed by atoms with E-state index in [9.17, 15) is 4.79 Å². The lowest BCUT2D eigenvalue weighted by atomic mass is 9.92. The molecule has 2 amide bonds. The third-order valence-corrected chi connectivity index (χ3v) is 6.30. The number of aromatic nitrogens is 2. The van der Waals surface area contributed by atoms with E-state index in [1.54, 1.807) is 0 Å². The number of carbonyl (C=O) groups excluding carboxylic acids is 1. The van der Waals surface area contributed by atoms with Gasteiger partial charge in [0.25, 0.3) is 0 Å². The average molecular weight is 402 g/mol. The summed E-state index contributed by atoms with van der Waals surface area (Å²) in [7, 11) is 0. The summed E-state index contributed by atoms with van der Waals surface area (Å²) in [5, 5.41) is 14.6. The molecule has 3 aromatic rings. The van der Waals surface area contributed by atoms with Crippen LogP contribution in [0, 0.1) is 0 Å². The Morgan fingerprint density at radius 1 is 1.07 bits per heavy atom. The van der Waals surface area contributed by atoms with Gasteiger partial charge in [-0.2, -0.15) is 5.10 Å². The van der Waals surface area contributed by atoms with Gasteiger partial charge in [-0.25, -0.2) is 9.48 Å². The van der Waals surface area contributed by atoms with Crippen LogP contribution in [0.4, 0.5) is 10.6 Å². The monoisotopic (exact) mass is 401 g/mol. The number of urea groups is 1. The topological polar surface area (TPSA) is 71.0 Å². The summed E-state index contributed by atoms with van der Waals surface area (Å²) in [6, 6.07) is 20.4. The largest absolute Gasteiger partial charge is 0.333 e. The Balaban J connectivity index is 1.38. The molecule has 1 aromatic heterocycles. The van der Waals surface area contributed by atoms with Gasteiger partial charge in [0.2, 0.25) is 0 Å². The maximum absolute atomic E-state index is 13.1. The molecule has 3 N–H and O–H groups in total. The molecule has 6 nitrogen and oxygen atoms in total. The van der Waals surface area contributed by atoms with Crippen LogP contribution >= 0.6 is 0 Å². The fraction of sp³-hybridized carbons (Fsp3) is 0.333. The van der Waals surface area contributed by atoms with E-state index < -0.39 is 0 Å². The van der Waals surface area contributed by atoms with Crippen molar-refractivity contribution in [2.24, 2.45) is 0 Å². The maximum Gasteiger partial charge on any atom is 0.320 e. The second-order valence-corrected chi connectivity index (χ2v) is 8.21. The maximum atomic E-state index is 13.1. The van der Waals surface area contributed by atoms with E-state index >= 15 is 0 Å². The van der Waals surface area contributed by atoms with Crippen molar-refractivity contribution in [3.05, 3.63) is 77.5 Å². The summed E-state index contributed by atoms with van der Waals surface area (Å²) >= 11 is 0. The summed E-state index contributed by atoms with van der Waals surface area (Å²) in [5.41, 5.74) is 4.45. The van der Waals surface area contributed by atoms with E-state index in [-0.39, 0.29) is 24.0 Å². The minimum absolute atomic E-state index is 0.0218. The van der Waals surface area contributed by atoms with Gasteiger partial charge >= 0.3 is 6.03 Å². The lowest BCUT2D eigenvalue weighted by Gasteiger charge is -2.24. The molecular formula is C24H27N5O. The SMILES string of the molecule is C[C@@H]1NC[C@H](c2ccccc2)[C@H]1NC(=O)Nc1c2c(nn1-c1ccccc1)CCC2. The number of hydrogen-bond donors (Lipinski definition) is 3. The van der Waals surface area contributed by atoms with E-state index in [4.69, 9.17) is 5.10 Å². The van der Waals surface area contributed by atoms with Gasteiger partial charge in [-0.15, -0.1) is 0 Å². The molecule has 2 heterocycles. The molecule has 6 heteroatoms. The van der Waals surface area contributed by atoms with Crippen molar-refractivity contribution < 1.29 is 4.79 Å². The predicted molar refractivity (Wildman–Crippen MR) is 118 cm³/mol. The molecule has 0 spiro atoms. The smallest absolute Gasteiger partial charge is 0.320 e. The zero-order valence-electron chi connectivity index (χ0n) is 17.1. The number of hydrogen-bond acceptors (Lipinski definition) is 3. The minimum atomic E-state index is -0.178. The van der Waals surface area contributed by atoms with Gasteiger partial charge < -0.3 is 10.6 Å². The molecule has 0 radical (unpaired) electrons. The normalized spacial score (nSPS) is 22.6. The Morgan fingerprint density at radius 2 is 1.80 bits per heavy atom. The lowest BCUT2D eigenvalue weighted by molar-refractivity contribution is 0.246. The fourth-order valence-electron chi connectivity index (χ4n) is 4.74. The first kappa shape index (κ1) is 18.9. The Bertz CT molecular complexity index is 1030. The van der Waals surface area contributed by atoms with Crippen LogP contribution in [-0.4, -0.2) is 34.4 Å². The van der Waals surface area contributed by atoms with Gasteiger partial charge in [-0.3, -0.25) is 5.32 Å². The van der Waals surface area contributed by atoms with Gasteiger partial charge in [0.05, 0.1) is 17.4 Å². The third-order valence-electron chi connectivity index (χ3n) is 6.30. The summed E-state index contributed by atoms with van der Waals surface area (Å²) < 4.78 is 1.87. The van der Waals surface area contributed by atoms with E-state index in [0.29, 0.717) is 0 Å². The Hall–Kier alpha value is -3.12. The van der Waals surface area contributed by atoms with Crippen LogP contribution in [0.2, 0.25) is 0 Å². The summed E-state index contributed by atoms with van der Waals surface area (Å²) in [6.45, 7) is 2.98. The number of amides is 2. The summed E-state index contributed by atoms with van der Waals surface area (Å²) in [4.78, 5) is 13.1. The first-order chi connectivity index (χ1) is 14.7. The van der Waals surface area contributed by atoms with Crippen LogP contribution in [0.5, 0.6) is 0 Å². The highest BCUT2D eigenvalue weighted by atomic mass is 16.2. The lowest BCUT2D eigenvalue weighted by Crippen LogP contribution is -2.46. The van der Waals surface area contributed by atoms with Crippen LogP contribution < -0.4 is 16.0 Å². The van der Waals surface area contributed by atoms with E-state index in [0.717, 1.165) is 48.6 Å². The molecule has 30 heavy (non-hydrogen) atoms. The average Bonchev–Trinajstić information content (AvgIpc) is 3.46. The second kappa shape index (κ2) is 7.95. The molecule has 2 aromatic carbocycles. The van der Waals surface area contributed by atoms with E-state index in [1.165, 1.54) is 5.56 Å². The number of anilines is 1. The summed E-state index contributed by atoms with van der Waals surface area (Å²) in [5.74, 6) is 1.04. The first-order valence-electron chi connectivity index (χ1n) is 10.7. The molecule has 3 atom stereocenters. The molecule has 1 saturated heterocycles. The van der Waals surface area contributed by atoms with Crippen molar-refractivity contribution in [2.75, 3.05) is 11.9 Å². The van der Waals surface area contributed by atoms with Gasteiger partial charge in [0.1, 0.15) is 5.82 Å². The Kier molecular flexibility index (Phi) is 5.01. The number of carbonyl (C=O) groups is 1. The standard InChI is InChI=1S/C24H27N5O/c1-16-22(20(15-25-16)17-9-4-2-5-10-17)26-24(30)27-23-19-13-8-14-21(19)28-29(23)18-11-6-3-7-12-18/h2-7,9-12,16,20,22,25H,8,13-15H2,1H3,(H2,26,27,30)/t16-,20+,22-/m0/s1. The third kappa shape index (κ3) is 3.48. The molecule has 0 unspecified atom stereocenters. The zero-order chi connectivity index (χ0) is 20.5. The Labute approximate surface area is 176 Å². The highest BCUT2D eigenvalue weighted by Gasteiger charge is 2.35. The zero-order valence-corrected chi connectivity index (χ0v) is 17.1. The van der Waals surface area contributed by atoms with Crippen LogP contribution in [-0.2, 0) is 12.8 Å². The van der Waals surface area contributed by atoms with Crippen LogP contribution in [0.1, 0.15) is 36.1 Å². The molecule has 1 fully saturated rings. The first-order valence-corrected chi connectivity index (χ1v) is 10.7. The van der Waals surface area contributed by atoms with Crippen LogP contribution in [0.25, 0.3) is 5.69 Å². The summed E-state index contributed by atoms with van der Waals surface area (Å²) in [6.07, 6.45) is 3.00. The molecule has 0 saturated carbocycles. The number of nitrogens with zero attached hydrogens (tertiary/aromatic N) is 2. The number of benzene rings is 2. The number of fused-ring (bicyclic) bond motifs is 1. The number of aryl methyl sites for hydroxylation is 1. The van der Waals surface area contributed by atoms with Crippen molar-refractivity contribution in [2.45, 2.75) is 44.2 Å². The number of rotatable bonds is 4. The van der Waals surface area contributed by atoms with Gasteiger partial charge in [0.15, 0.2) is 0 Å². The van der Waals surface area contributed by atoms with Gasteiger partial charge in [-0.05, 0) is 43.9 Å². The van der Waals surface area contributed by atoms with Crippen LogP contribution in [0.15, 0.2) is 60.7 Å². The molecule has 1 aliphatic heterocycles. The highest BCUT2D eigenvalue weighted by Crippen LogP contribution is 2.31. The molecule has 0 bridgehead atoms. The Morgan fingerprint density at radius 3 is 2.57 bits per heavy atom. The van der Waals surface area contributed by atoms with Gasteiger partial charge in [0, 0.05) is 24.1 Å². The quantitative estimate of drug-likeness (QED) is 0.625. The van der Waals surface area contributed by atoms with Crippen molar-refractivity contribution in [1.82, 2.24) is 20.4 Å². The van der Waals surface area contributed by atoms with Gasteiger partial charge in [-0.1, -0.05) is 48.5 Å². The molecule has 1 aliphatic carbocycles. The van der Waals surface area contributed by atoms with Crippen molar-refractivity contribution in [3.63, 3.8) is 0 Å². The van der Waals surface area contributed by atoms with Crippen molar-refractivity contribution >= 4 is 11.8 Å². The molecular weight excluding hydrogens is 374 g/mol. The highest BCUT2D eigenvalue weighted by molar-refractivity contribution is 5.90. The fourth-order valence-corrected chi connectivity index (χ4v) is 4.74. The van der Waals surface area contributed by atoms with Crippen molar-refractivity contribution in [3.8, 4) is 5.69 Å². The predicted octanol–water partition coefficient (Wildman–Crippen LogP) is 3.63. The number of nitrogens with one attached hydrogen (secondary N) is 3. The molecule has 2 aliphatic rings. The number of para-hydroxylation sites is 1. The van der Waals surface area contributed by atoms with Crippen molar-refractivity contribution in [1.29, 1.82) is 0 Å². The molecule has 154 valence electrons. The molecule has 5 rings (SSSR count). The second-order valence-electron chi connectivity index (χ2n) is 8.21.